The molecule has 0 saturated carbocycles. The molecule has 1 aliphatic heterocycles. The molecule has 0 spiro atoms. The average molecular weight is 250 g/mol. The van der Waals surface area contributed by atoms with Crippen molar-refractivity contribution in [3.63, 3.8) is 0 Å². The molecule has 0 aliphatic carbocycles. The Hall–Kier alpha value is -2.29. The summed E-state index contributed by atoms with van der Waals surface area (Å²) in [6, 6.07) is 14.4. The van der Waals surface area contributed by atoms with E-state index >= 15 is 0 Å². The maximum Gasteiger partial charge on any atom is 0.138 e. The van der Waals surface area contributed by atoms with Gasteiger partial charge in [-0.2, -0.15) is 0 Å². The van der Waals surface area contributed by atoms with Crippen LogP contribution >= 0.6 is 0 Å². The van der Waals surface area contributed by atoms with Gasteiger partial charge in [0.1, 0.15) is 17.7 Å². The third-order valence-corrected chi connectivity index (χ3v) is 3.56. The highest BCUT2D eigenvalue weighted by Gasteiger charge is 2.19. The SMILES string of the molecule is CC1Cc2cc(-c3nc4ccccc4[nH]3)ccc2O1. The van der Waals surface area contributed by atoms with Crippen LogP contribution in [0.15, 0.2) is 42.5 Å². The van der Waals surface area contributed by atoms with E-state index in [1.54, 1.807) is 0 Å². The van der Waals surface area contributed by atoms with Crippen LogP contribution in [0.25, 0.3) is 22.4 Å². The molecule has 0 fully saturated rings. The Bertz CT molecular complexity index is 727. The normalized spacial score (nSPS) is 17.4. The van der Waals surface area contributed by atoms with E-state index in [9.17, 15) is 0 Å². The Labute approximate surface area is 111 Å². The van der Waals surface area contributed by atoms with Crippen molar-refractivity contribution in [3.05, 3.63) is 48.0 Å². The number of para-hydroxylation sites is 2. The highest BCUT2D eigenvalue weighted by molar-refractivity contribution is 5.79. The van der Waals surface area contributed by atoms with E-state index in [4.69, 9.17) is 4.74 Å². The number of benzene rings is 2. The summed E-state index contributed by atoms with van der Waals surface area (Å²) in [5.41, 5.74) is 4.46. The Kier molecular flexibility index (Phi) is 2.15. The number of hydrogen-bond acceptors (Lipinski definition) is 2. The molecule has 0 saturated heterocycles. The van der Waals surface area contributed by atoms with Crippen molar-refractivity contribution in [2.24, 2.45) is 0 Å². The van der Waals surface area contributed by atoms with E-state index in [1.807, 2.05) is 30.3 Å². The number of imidazole rings is 1. The van der Waals surface area contributed by atoms with Gasteiger partial charge in [0.05, 0.1) is 11.0 Å². The lowest BCUT2D eigenvalue weighted by molar-refractivity contribution is 0.254. The molecule has 1 aliphatic rings. The molecular formula is C16H14N2O. The van der Waals surface area contributed by atoms with E-state index in [0.29, 0.717) is 0 Å². The number of rotatable bonds is 1. The molecule has 0 amide bonds. The van der Waals surface area contributed by atoms with Crippen molar-refractivity contribution in [2.45, 2.75) is 19.4 Å². The van der Waals surface area contributed by atoms with Crippen LogP contribution in [0, 0.1) is 0 Å². The quantitative estimate of drug-likeness (QED) is 0.717. The molecule has 19 heavy (non-hydrogen) atoms. The van der Waals surface area contributed by atoms with Gasteiger partial charge in [-0.25, -0.2) is 4.98 Å². The molecule has 0 radical (unpaired) electrons. The molecule has 1 aromatic heterocycles. The average Bonchev–Trinajstić information content (AvgIpc) is 2.99. The standard InChI is InChI=1S/C16H14N2O/c1-10-8-12-9-11(6-7-15(12)19-10)16-17-13-4-2-3-5-14(13)18-16/h2-7,9-10H,8H2,1H3,(H,17,18). The van der Waals surface area contributed by atoms with Gasteiger partial charge in [0.25, 0.3) is 0 Å². The number of nitrogens with one attached hydrogen (secondary N) is 1. The van der Waals surface area contributed by atoms with E-state index in [-0.39, 0.29) is 6.10 Å². The molecule has 2 heterocycles. The molecule has 3 aromatic rings. The van der Waals surface area contributed by atoms with Gasteiger partial charge in [-0.1, -0.05) is 12.1 Å². The lowest BCUT2D eigenvalue weighted by Crippen LogP contribution is -2.05. The summed E-state index contributed by atoms with van der Waals surface area (Å²) in [7, 11) is 0. The van der Waals surface area contributed by atoms with E-state index in [1.165, 1.54) is 5.56 Å². The fourth-order valence-electron chi connectivity index (χ4n) is 2.66. The van der Waals surface area contributed by atoms with Crippen LogP contribution in [0.1, 0.15) is 12.5 Å². The highest BCUT2D eigenvalue weighted by atomic mass is 16.5. The summed E-state index contributed by atoms with van der Waals surface area (Å²) in [5, 5.41) is 0. The molecular weight excluding hydrogens is 236 g/mol. The summed E-state index contributed by atoms with van der Waals surface area (Å²) < 4.78 is 5.73. The van der Waals surface area contributed by atoms with Crippen molar-refractivity contribution in [3.8, 4) is 17.1 Å². The van der Waals surface area contributed by atoms with E-state index in [0.717, 1.165) is 34.6 Å². The summed E-state index contributed by atoms with van der Waals surface area (Å²) >= 11 is 0. The number of nitrogens with zero attached hydrogens (tertiary/aromatic N) is 1. The maximum atomic E-state index is 5.73. The predicted octanol–water partition coefficient (Wildman–Crippen LogP) is 3.55. The molecule has 1 atom stereocenters. The molecule has 3 nitrogen and oxygen atoms in total. The zero-order valence-corrected chi connectivity index (χ0v) is 10.7. The number of aromatic amines is 1. The zero-order valence-electron chi connectivity index (χ0n) is 10.7. The number of hydrogen-bond donors (Lipinski definition) is 1. The monoisotopic (exact) mass is 250 g/mol. The third-order valence-electron chi connectivity index (χ3n) is 3.56. The zero-order chi connectivity index (χ0) is 12.8. The van der Waals surface area contributed by atoms with Gasteiger partial charge < -0.3 is 9.72 Å². The van der Waals surface area contributed by atoms with Crippen molar-refractivity contribution < 1.29 is 4.74 Å². The lowest BCUT2D eigenvalue weighted by Gasteiger charge is -2.02. The van der Waals surface area contributed by atoms with Gasteiger partial charge >= 0.3 is 0 Å². The van der Waals surface area contributed by atoms with Crippen LogP contribution in [-0.2, 0) is 6.42 Å². The third kappa shape index (κ3) is 1.70. The first-order valence-electron chi connectivity index (χ1n) is 6.54. The Morgan fingerprint density at radius 1 is 1.21 bits per heavy atom. The highest BCUT2D eigenvalue weighted by Crippen LogP contribution is 2.32. The molecule has 3 heteroatoms. The van der Waals surface area contributed by atoms with Crippen molar-refractivity contribution in [1.82, 2.24) is 9.97 Å². The van der Waals surface area contributed by atoms with Crippen LogP contribution in [0.3, 0.4) is 0 Å². The fourth-order valence-corrected chi connectivity index (χ4v) is 2.66. The van der Waals surface area contributed by atoms with Crippen LogP contribution in [0.2, 0.25) is 0 Å². The molecule has 94 valence electrons. The topological polar surface area (TPSA) is 37.9 Å². The number of fused-ring (bicyclic) bond motifs is 2. The van der Waals surface area contributed by atoms with Crippen molar-refractivity contribution in [1.29, 1.82) is 0 Å². The van der Waals surface area contributed by atoms with E-state index < -0.39 is 0 Å². The van der Waals surface area contributed by atoms with Gasteiger partial charge in [0.15, 0.2) is 0 Å². The fraction of sp³-hybridized carbons (Fsp3) is 0.188. The van der Waals surface area contributed by atoms with Gasteiger partial charge in [-0.05, 0) is 42.8 Å². The first kappa shape index (κ1) is 10.6. The second kappa shape index (κ2) is 3.85. The second-order valence-electron chi connectivity index (χ2n) is 5.06. The number of ether oxygens (including phenoxy) is 1. The largest absolute Gasteiger partial charge is 0.490 e. The molecule has 2 aromatic carbocycles. The Morgan fingerprint density at radius 2 is 2.11 bits per heavy atom. The van der Waals surface area contributed by atoms with Gasteiger partial charge in [0, 0.05) is 12.0 Å². The summed E-state index contributed by atoms with van der Waals surface area (Å²) in [5.74, 6) is 1.93. The lowest BCUT2D eigenvalue weighted by atomic mass is 10.1. The van der Waals surface area contributed by atoms with Gasteiger partial charge in [-0.3, -0.25) is 0 Å². The Balaban J connectivity index is 1.82. The predicted molar refractivity (Wildman–Crippen MR) is 75.3 cm³/mol. The van der Waals surface area contributed by atoms with Crippen molar-refractivity contribution >= 4 is 11.0 Å². The Morgan fingerprint density at radius 3 is 3.00 bits per heavy atom. The van der Waals surface area contributed by atoms with Crippen LogP contribution in [-0.4, -0.2) is 16.1 Å². The van der Waals surface area contributed by atoms with Crippen LogP contribution < -0.4 is 4.74 Å². The smallest absolute Gasteiger partial charge is 0.138 e. The summed E-state index contributed by atoms with van der Waals surface area (Å²) in [6.45, 7) is 2.10. The van der Waals surface area contributed by atoms with Crippen molar-refractivity contribution in [2.75, 3.05) is 0 Å². The second-order valence-corrected chi connectivity index (χ2v) is 5.06. The van der Waals surface area contributed by atoms with Crippen LogP contribution in [0.4, 0.5) is 0 Å². The minimum atomic E-state index is 0.279. The molecule has 4 rings (SSSR count). The molecule has 0 bridgehead atoms. The van der Waals surface area contributed by atoms with E-state index in [2.05, 4.69) is 29.0 Å². The molecule has 1 unspecified atom stereocenters. The number of H-pyrrole nitrogens is 1. The first-order valence-corrected chi connectivity index (χ1v) is 6.54. The number of aromatic nitrogens is 2. The summed E-state index contributed by atoms with van der Waals surface area (Å²) in [6.07, 6.45) is 1.25. The minimum absolute atomic E-state index is 0.279. The molecule has 1 N–H and O–H groups in total. The van der Waals surface area contributed by atoms with Gasteiger partial charge in [-0.15, -0.1) is 0 Å². The summed E-state index contributed by atoms with van der Waals surface area (Å²) in [4.78, 5) is 7.99. The minimum Gasteiger partial charge on any atom is -0.490 e. The first-order chi connectivity index (χ1) is 9.29. The van der Waals surface area contributed by atoms with Crippen LogP contribution in [0.5, 0.6) is 5.75 Å². The van der Waals surface area contributed by atoms with Gasteiger partial charge in [0.2, 0.25) is 0 Å². The maximum absolute atomic E-state index is 5.73.